The Kier molecular flexibility index (Phi) is 45.0. The third kappa shape index (κ3) is 45.5. The van der Waals surface area contributed by atoms with Crippen LogP contribution in [0.15, 0.2) is 0 Å². The van der Waals surface area contributed by atoms with Crippen LogP contribution in [-0.2, 0) is 56.8 Å². The molecule has 0 bridgehead atoms. The molecule has 0 radical (unpaired) electrons. The molecule has 0 aliphatic rings. The van der Waals surface area contributed by atoms with E-state index in [1.54, 1.807) is 0 Å². The monoisotopic (exact) mass is 715 g/mol. The zero-order chi connectivity index (χ0) is 35.4. The van der Waals surface area contributed by atoms with Gasteiger partial charge in [0.2, 0.25) is 0 Å². The summed E-state index contributed by atoms with van der Waals surface area (Å²) in [6, 6.07) is 0. The van der Waals surface area contributed by atoms with Crippen molar-refractivity contribution in [2.45, 2.75) is 84.3 Å². The maximum absolute atomic E-state index is 9.92. The van der Waals surface area contributed by atoms with Crippen LogP contribution in [0.1, 0.15) is 78.1 Å². The van der Waals surface area contributed by atoms with Crippen molar-refractivity contribution >= 4 is 0 Å². The van der Waals surface area contributed by atoms with Gasteiger partial charge in [-0.15, -0.1) is 0 Å². The molecule has 0 amide bonds. The van der Waals surface area contributed by atoms with E-state index in [9.17, 15) is 5.11 Å². The van der Waals surface area contributed by atoms with E-state index in [4.69, 9.17) is 56.8 Å². The van der Waals surface area contributed by atoms with E-state index in [1.807, 2.05) is 6.92 Å². The molecule has 13 heteroatoms. The first-order valence-corrected chi connectivity index (χ1v) is 19.0. The van der Waals surface area contributed by atoms with E-state index in [1.165, 1.54) is 44.9 Å². The molecule has 1 unspecified atom stereocenters. The minimum Gasteiger partial charge on any atom is -0.379 e. The topological polar surface area (TPSA) is 131 Å². The number of aliphatic hydroxyl groups is 1. The summed E-state index contributed by atoms with van der Waals surface area (Å²) in [5, 5.41) is 9.92. The summed E-state index contributed by atoms with van der Waals surface area (Å²) in [5.41, 5.74) is 0. The van der Waals surface area contributed by atoms with Crippen molar-refractivity contribution in [2.24, 2.45) is 0 Å². The van der Waals surface area contributed by atoms with Gasteiger partial charge in [0.05, 0.1) is 145 Å². The smallest absolute Gasteiger partial charge is 0.154 e. The number of ether oxygens (including phenoxy) is 12. The average molecular weight is 715 g/mol. The van der Waals surface area contributed by atoms with Crippen LogP contribution in [0.2, 0.25) is 0 Å². The minimum atomic E-state index is -0.697. The predicted molar refractivity (Wildman–Crippen MR) is 188 cm³/mol. The summed E-state index contributed by atoms with van der Waals surface area (Å²) in [6.07, 6.45) is 11.4. The highest BCUT2D eigenvalue weighted by atomic mass is 16.6. The van der Waals surface area contributed by atoms with Gasteiger partial charge in [0, 0.05) is 6.61 Å². The Morgan fingerprint density at radius 2 is 0.551 bits per heavy atom. The fourth-order valence-corrected chi connectivity index (χ4v) is 4.30. The Hall–Kier alpha value is -0.520. The molecular formula is C36H74O13. The van der Waals surface area contributed by atoms with E-state index in [-0.39, 0.29) is 0 Å². The molecule has 49 heavy (non-hydrogen) atoms. The average Bonchev–Trinajstić information content (AvgIpc) is 3.11. The Labute approximate surface area is 298 Å². The number of rotatable bonds is 45. The van der Waals surface area contributed by atoms with Gasteiger partial charge in [-0.2, -0.15) is 0 Å². The minimum absolute atomic E-state index is 0.388. The molecule has 0 saturated carbocycles. The molecule has 296 valence electrons. The SMILES string of the molecule is CCCCCCCCCCCC(O)OCCOCCOCCOCCOCCOCCOCCOCCOCCOCCOCCOCC. The van der Waals surface area contributed by atoms with Crippen LogP contribution < -0.4 is 0 Å². The van der Waals surface area contributed by atoms with Gasteiger partial charge >= 0.3 is 0 Å². The fourth-order valence-electron chi connectivity index (χ4n) is 4.30. The van der Waals surface area contributed by atoms with Crippen LogP contribution in [0.25, 0.3) is 0 Å². The Balaban J connectivity index is 3.10. The largest absolute Gasteiger partial charge is 0.379 e. The van der Waals surface area contributed by atoms with Crippen LogP contribution in [0.4, 0.5) is 0 Å². The molecule has 13 nitrogen and oxygen atoms in total. The highest BCUT2D eigenvalue weighted by molar-refractivity contribution is 4.49. The van der Waals surface area contributed by atoms with E-state index < -0.39 is 6.29 Å². The second-order valence-corrected chi connectivity index (χ2v) is 11.3. The van der Waals surface area contributed by atoms with Gasteiger partial charge in [-0.3, -0.25) is 0 Å². The van der Waals surface area contributed by atoms with Gasteiger partial charge in [-0.1, -0.05) is 58.3 Å². The summed E-state index contributed by atoms with van der Waals surface area (Å²) in [5.74, 6) is 0. The molecular weight excluding hydrogens is 640 g/mol. The zero-order valence-electron chi connectivity index (χ0n) is 31.3. The summed E-state index contributed by atoms with van der Waals surface area (Å²) >= 11 is 0. The summed E-state index contributed by atoms with van der Waals surface area (Å²) < 4.78 is 65.3. The first-order chi connectivity index (χ1) is 24.3. The molecule has 0 aromatic carbocycles. The molecule has 0 aromatic rings. The van der Waals surface area contributed by atoms with Crippen molar-refractivity contribution in [1.29, 1.82) is 0 Å². The maximum Gasteiger partial charge on any atom is 0.154 e. The molecule has 0 aromatic heterocycles. The van der Waals surface area contributed by atoms with Crippen molar-refractivity contribution in [2.75, 3.05) is 152 Å². The van der Waals surface area contributed by atoms with Gasteiger partial charge in [-0.05, 0) is 19.8 Å². The van der Waals surface area contributed by atoms with Gasteiger partial charge in [-0.25, -0.2) is 0 Å². The van der Waals surface area contributed by atoms with Crippen molar-refractivity contribution in [3.8, 4) is 0 Å². The van der Waals surface area contributed by atoms with E-state index in [0.29, 0.717) is 158 Å². The standard InChI is InChI=1S/C36H74O13/c1-3-5-6-7-8-9-10-11-12-13-36(37)49-35-34-48-33-32-47-31-30-46-29-28-45-27-26-44-25-24-43-23-22-42-21-20-41-19-18-40-17-16-39-15-14-38-4-2/h36-37H,3-35H2,1-2H3. The second-order valence-electron chi connectivity index (χ2n) is 11.3. The highest BCUT2D eigenvalue weighted by Crippen LogP contribution is 2.11. The third-order valence-corrected chi connectivity index (χ3v) is 7.02. The third-order valence-electron chi connectivity index (χ3n) is 7.02. The number of hydrogen-bond donors (Lipinski definition) is 1. The predicted octanol–water partition coefficient (Wildman–Crippen LogP) is 4.44. The van der Waals surface area contributed by atoms with Gasteiger partial charge < -0.3 is 61.9 Å². The van der Waals surface area contributed by atoms with Gasteiger partial charge in [0.15, 0.2) is 6.29 Å². The molecule has 0 spiro atoms. The van der Waals surface area contributed by atoms with Crippen molar-refractivity contribution in [3.05, 3.63) is 0 Å². The van der Waals surface area contributed by atoms with E-state index in [0.717, 1.165) is 12.8 Å². The van der Waals surface area contributed by atoms with Crippen LogP contribution in [-0.4, -0.2) is 163 Å². The lowest BCUT2D eigenvalue weighted by molar-refractivity contribution is -0.118. The van der Waals surface area contributed by atoms with Crippen LogP contribution in [0.3, 0.4) is 0 Å². The van der Waals surface area contributed by atoms with Crippen molar-refractivity contribution < 1.29 is 61.9 Å². The van der Waals surface area contributed by atoms with Crippen molar-refractivity contribution in [3.63, 3.8) is 0 Å². The molecule has 0 saturated heterocycles. The molecule has 0 aliphatic heterocycles. The van der Waals surface area contributed by atoms with E-state index in [2.05, 4.69) is 6.92 Å². The Bertz CT molecular complexity index is 577. The number of unbranched alkanes of at least 4 members (excludes halogenated alkanes) is 8. The van der Waals surface area contributed by atoms with Gasteiger partial charge in [0.25, 0.3) is 0 Å². The lowest BCUT2D eigenvalue weighted by atomic mass is 10.1. The summed E-state index contributed by atoms with van der Waals surface area (Å²) in [6.45, 7) is 16.2. The fraction of sp³-hybridized carbons (Fsp3) is 1.00. The maximum atomic E-state index is 9.92. The lowest BCUT2D eigenvalue weighted by Gasteiger charge is -2.12. The Morgan fingerprint density at radius 3 is 0.837 bits per heavy atom. The zero-order valence-corrected chi connectivity index (χ0v) is 31.3. The van der Waals surface area contributed by atoms with E-state index >= 15 is 0 Å². The number of hydrogen-bond acceptors (Lipinski definition) is 13. The lowest BCUT2D eigenvalue weighted by Crippen LogP contribution is -2.17. The Morgan fingerprint density at radius 1 is 0.306 bits per heavy atom. The normalized spacial score (nSPS) is 12.3. The van der Waals surface area contributed by atoms with Crippen LogP contribution in [0, 0.1) is 0 Å². The molecule has 0 aliphatic carbocycles. The molecule has 1 atom stereocenters. The second kappa shape index (κ2) is 45.5. The van der Waals surface area contributed by atoms with Crippen molar-refractivity contribution in [1.82, 2.24) is 0 Å². The summed E-state index contributed by atoms with van der Waals surface area (Å²) in [7, 11) is 0. The quantitative estimate of drug-likeness (QED) is 0.0705. The molecule has 1 N–H and O–H groups in total. The molecule has 0 heterocycles. The first kappa shape index (κ1) is 48.5. The first-order valence-electron chi connectivity index (χ1n) is 19.0. The number of aliphatic hydroxyl groups excluding tert-OH is 1. The molecule has 0 fully saturated rings. The van der Waals surface area contributed by atoms with Crippen LogP contribution in [0.5, 0.6) is 0 Å². The highest BCUT2D eigenvalue weighted by Gasteiger charge is 2.04. The molecule has 0 rings (SSSR count). The van der Waals surface area contributed by atoms with Gasteiger partial charge in [0.1, 0.15) is 0 Å². The summed E-state index contributed by atoms with van der Waals surface area (Å²) in [4.78, 5) is 0. The van der Waals surface area contributed by atoms with Crippen LogP contribution >= 0.6 is 0 Å².